The van der Waals surface area contributed by atoms with E-state index in [0.29, 0.717) is 17.2 Å². The molecule has 5 aromatic rings. The SMILES string of the molecule is O=C(NC1CCN(Cc2ccccc2)CC1)c1cc2c([nH]c3ccccc32)c(-c2ccc3c(c2)OCO3)n1. The van der Waals surface area contributed by atoms with Gasteiger partial charge >= 0.3 is 0 Å². The van der Waals surface area contributed by atoms with Crippen LogP contribution in [0.4, 0.5) is 0 Å². The number of ether oxygens (including phenoxy) is 2. The molecule has 7 rings (SSSR count). The van der Waals surface area contributed by atoms with Gasteiger partial charge in [0.25, 0.3) is 5.91 Å². The van der Waals surface area contributed by atoms with Crippen LogP contribution in [0, 0.1) is 0 Å². The quantitative estimate of drug-likeness (QED) is 0.330. The third-order valence-corrected chi connectivity index (χ3v) is 7.55. The first-order valence-corrected chi connectivity index (χ1v) is 13.1. The van der Waals surface area contributed by atoms with E-state index < -0.39 is 0 Å². The summed E-state index contributed by atoms with van der Waals surface area (Å²) in [5.74, 6) is 1.26. The zero-order valence-electron chi connectivity index (χ0n) is 20.9. The minimum Gasteiger partial charge on any atom is -0.454 e. The second kappa shape index (κ2) is 9.50. The summed E-state index contributed by atoms with van der Waals surface area (Å²) in [5.41, 5.74) is 5.24. The topological polar surface area (TPSA) is 79.5 Å². The fourth-order valence-electron chi connectivity index (χ4n) is 5.55. The molecular weight excluding hydrogens is 476 g/mol. The molecule has 0 spiro atoms. The Hall–Kier alpha value is -4.36. The molecule has 190 valence electrons. The molecule has 2 aromatic heterocycles. The number of nitrogens with one attached hydrogen (secondary N) is 2. The zero-order valence-corrected chi connectivity index (χ0v) is 20.9. The highest BCUT2D eigenvalue weighted by Gasteiger charge is 2.24. The van der Waals surface area contributed by atoms with Gasteiger partial charge in [0.2, 0.25) is 6.79 Å². The predicted molar refractivity (Wildman–Crippen MR) is 147 cm³/mol. The Balaban J connectivity index is 1.16. The van der Waals surface area contributed by atoms with E-state index >= 15 is 0 Å². The van der Waals surface area contributed by atoms with Gasteiger partial charge < -0.3 is 19.8 Å². The van der Waals surface area contributed by atoms with E-state index in [9.17, 15) is 4.79 Å². The lowest BCUT2D eigenvalue weighted by Crippen LogP contribution is -2.44. The maximum absolute atomic E-state index is 13.5. The van der Waals surface area contributed by atoms with Crippen molar-refractivity contribution in [3.63, 3.8) is 0 Å². The molecule has 7 heteroatoms. The monoisotopic (exact) mass is 504 g/mol. The number of amides is 1. The number of aromatic amines is 1. The molecule has 0 saturated carbocycles. The first-order valence-electron chi connectivity index (χ1n) is 13.1. The molecule has 0 bridgehead atoms. The molecule has 2 aliphatic rings. The lowest BCUT2D eigenvalue weighted by molar-refractivity contribution is 0.0904. The second-order valence-electron chi connectivity index (χ2n) is 10.0. The van der Waals surface area contributed by atoms with Crippen molar-refractivity contribution in [2.75, 3.05) is 19.9 Å². The number of rotatable bonds is 5. The number of hydrogen-bond donors (Lipinski definition) is 2. The number of para-hydroxylation sites is 1. The van der Waals surface area contributed by atoms with E-state index in [4.69, 9.17) is 14.5 Å². The Labute approximate surface area is 220 Å². The van der Waals surface area contributed by atoms with Crippen molar-refractivity contribution >= 4 is 27.7 Å². The van der Waals surface area contributed by atoms with Crippen molar-refractivity contribution in [3.8, 4) is 22.8 Å². The summed E-state index contributed by atoms with van der Waals surface area (Å²) in [4.78, 5) is 24.4. The van der Waals surface area contributed by atoms with Crippen LogP contribution in [0.3, 0.4) is 0 Å². The van der Waals surface area contributed by atoms with Crippen molar-refractivity contribution in [2.45, 2.75) is 25.4 Å². The number of benzene rings is 3. The number of hydrogen-bond acceptors (Lipinski definition) is 5. The van der Waals surface area contributed by atoms with Crippen molar-refractivity contribution < 1.29 is 14.3 Å². The van der Waals surface area contributed by atoms with Gasteiger partial charge in [0.1, 0.15) is 5.69 Å². The molecule has 2 N–H and O–H groups in total. The highest BCUT2D eigenvalue weighted by atomic mass is 16.7. The minimum atomic E-state index is -0.138. The molecule has 38 heavy (non-hydrogen) atoms. The number of aromatic nitrogens is 2. The van der Waals surface area contributed by atoms with Gasteiger partial charge in [-0.25, -0.2) is 4.98 Å². The van der Waals surface area contributed by atoms with Gasteiger partial charge in [-0.2, -0.15) is 0 Å². The molecule has 7 nitrogen and oxygen atoms in total. The number of piperidine rings is 1. The van der Waals surface area contributed by atoms with Crippen LogP contribution < -0.4 is 14.8 Å². The minimum absolute atomic E-state index is 0.129. The van der Waals surface area contributed by atoms with Gasteiger partial charge in [-0.05, 0) is 48.7 Å². The summed E-state index contributed by atoms with van der Waals surface area (Å²) in [5, 5.41) is 5.30. The van der Waals surface area contributed by atoms with Crippen LogP contribution in [0.5, 0.6) is 11.5 Å². The van der Waals surface area contributed by atoms with E-state index in [2.05, 4.69) is 45.5 Å². The van der Waals surface area contributed by atoms with E-state index in [1.54, 1.807) is 0 Å². The van der Waals surface area contributed by atoms with Crippen LogP contribution in [-0.4, -0.2) is 46.7 Å². The lowest BCUT2D eigenvalue weighted by atomic mass is 10.0. The molecule has 4 heterocycles. The largest absolute Gasteiger partial charge is 0.454 e. The standard InChI is InChI=1S/C31H28N4O3/c36-31(32-22-12-14-35(15-13-22)18-20-6-2-1-3-7-20)26-17-24-23-8-4-5-9-25(23)33-30(24)29(34-26)21-10-11-27-28(16-21)38-19-37-27/h1-11,16-17,22,33H,12-15,18-19H2,(H,32,36). The van der Waals surface area contributed by atoms with E-state index in [0.717, 1.165) is 65.5 Å². The first-order chi connectivity index (χ1) is 18.7. The molecule has 0 radical (unpaired) electrons. The Morgan fingerprint density at radius 2 is 1.71 bits per heavy atom. The second-order valence-corrected chi connectivity index (χ2v) is 10.0. The van der Waals surface area contributed by atoms with Gasteiger partial charge in [-0.3, -0.25) is 9.69 Å². The van der Waals surface area contributed by atoms with Gasteiger partial charge in [0, 0.05) is 47.5 Å². The summed E-state index contributed by atoms with van der Waals surface area (Å²) in [6.07, 6.45) is 1.84. The first kappa shape index (κ1) is 22.8. The number of fused-ring (bicyclic) bond motifs is 4. The maximum atomic E-state index is 13.5. The normalized spacial score (nSPS) is 15.8. The van der Waals surface area contributed by atoms with Gasteiger partial charge in [-0.15, -0.1) is 0 Å². The number of nitrogens with zero attached hydrogens (tertiary/aromatic N) is 2. The van der Waals surface area contributed by atoms with Crippen molar-refractivity contribution in [1.29, 1.82) is 0 Å². The van der Waals surface area contributed by atoms with E-state index in [-0.39, 0.29) is 18.7 Å². The molecular formula is C31H28N4O3. The molecule has 3 aromatic carbocycles. The average Bonchev–Trinajstić information content (AvgIpc) is 3.58. The Bertz CT molecular complexity index is 1640. The van der Waals surface area contributed by atoms with E-state index in [1.165, 1.54) is 5.56 Å². The van der Waals surface area contributed by atoms with Crippen molar-refractivity contribution in [2.24, 2.45) is 0 Å². The Morgan fingerprint density at radius 3 is 2.58 bits per heavy atom. The fourth-order valence-corrected chi connectivity index (χ4v) is 5.55. The van der Waals surface area contributed by atoms with Gasteiger partial charge in [0.05, 0.1) is 11.2 Å². The van der Waals surface area contributed by atoms with Crippen LogP contribution in [0.25, 0.3) is 33.1 Å². The van der Waals surface area contributed by atoms with Crippen LogP contribution in [0.2, 0.25) is 0 Å². The molecule has 1 amide bonds. The third kappa shape index (κ3) is 4.25. The van der Waals surface area contributed by atoms with Crippen LogP contribution in [0.1, 0.15) is 28.9 Å². The Morgan fingerprint density at radius 1 is 0.921 bits per heavy atom. The molecule has 0 aliphatic carbocycles. The van der Waals surface area contributed by atoms with E-state index in [1.807, 2.05) is 48.5 Å². The summed E-state index contributed by atoms with van der Waals surface area (Å²) in [7, 11) is 0. The third-order valence-electron chi connectivity index (χ3n) is 7.55. The molecule has 2 aliphatic heterocycles. The zero-order chi connectivity index (χ0) is 25.5. The summed E-state index contributed by atoms with van der Waals surface area (Å²) in [6, 6.07) is 26.5. The summed E-state index contributed by atoms with van der Waals surface area (Å²) < 4.78 is 11.1. The summed E-state index contributed by atoms with van der Waals surface area (Å²) >= 11 is 0. The number of pyridine rings is 1. The maximum Gasteiger partial charge on any atom is 0.270 e. The predicted octanol–water partition coefficient (Wildman–Crippen LogP) is 5.51. The average molecular weight is 505 g/mol. The lowest BCUT2D eigenvalue weighted by Gasteiger charge is -2.32. The van der Waals surface area contributed by atoms with Gasteiger partial charge in [-0.1, -0.05) is 48.5 Å². The molecule has 1 fully saturated rings. The smallest absolute Gasteiger partial charge is 0.270 e. The molecule has 1 saturated heterocycles. The van der Waals surface area contributed by atoms with Crippen LogP contribution >= 0.6 is 0 Å². The number of likely N-dealkylation sites (tertiary alicyclic amines) is 1. The van der Waals surface area contributed by atoms with Crippen LogP contribution in [0.15, 0.2) is 78.9 Å². The summed E-state index contributed by atoms with van der Waals surface area (Å²) in [6.45, 7) is 3.06. The highest BCUT2D eigenvalue weighted by molar-refractivity contribution is 6.13. The number of carbonyl (C=O) groups is 1. The van der Waals surface area contributed by atoms with Crippen LogP contribution in [-0.2, 0) is 6.54 Å². The van der Waals surface area contributed by atoms with Gasteiger partial charge in [0.15, 0.2) is 11.5 Å². The number of H-pyrrole nitrogens is 1. The molecule has 0 atom stereocenters. The van der Waals surface area contributed by atoms with Crippen molar-refractivity contribution in [1.82, 2.24) is 20.2 Å². The van der Waals surface area contributed by atoms with Crippen molar-refractivity contribution in [3.05, 3.63) is 90.1 Å². The Kier molecular flexibility index (Phi) is 5.70. The molecule has 0 unspecified atom stereocenters. The fraction of sp³-hybridized carbons (Fsp3) is 0.226. The highest BCUT2D eigenvalue weighted by Crippen LogP contribution is 2.38. The number of carbonyl (C=O) groups excluding carboxylic acids is 1.